The second-order valence-corrected chi connectivity index (χ2v) is 15.5. The molecule has 0 aliphatic rings. The Morgan fingerprint density at radius 1 is 0.379 bits per heavy atom. The van der Waals surface area contributed by atoms with Gasteiger partial charge in [-0.25, -0.2) is 0 Å². The monoisotopic (exact) mass is 794 g/mol. The van der Waals surface area contributed by atoms with Gasteiger partial charge in [0.2, 0.25) is 0 Å². The molecule has 0 bridgehead atoms. The molecule has 2 heterocycles. The predicted octanol–water partition coefficient (Wildman–Crippen LogP) is 13.9. The molecule has 8 aromatic rings. The van der Waals surface area contributed by atoms with Crippen molar-refractivity contribution in [3.63, 3.8) is 0 Å². The fourth-order valence-corrected chi connectivity index (χ4v) is 8.37. The first kappa shape index (κ1) is 37.9. The third-order valence-corrected chi connectivity index (χ3v) is 11.9. The molecule has 8 rings (SSSR count). The highest BCUT2D eigenvalue weighted by molar-refractivity contribution is 7.17. The third-order valence-electron chi connectivity index (χ3n) is 9.74. The Bertz CT molecular complexity index is 2460. The molecule has 6 nitrogen and oxygen atoms in total. The molecule has 0 aliphatic carbocycles. The summed E-state index contributed by atoms with van der Waals surface area (Å²) in [7, 11) is 3.34. The topological polar surface area (TPSA) is 59.1 Å². The lowest BCUT2D eigenvalue weighted by Crippen LogP contribution is -2.09. The molecule has 284 valence electrons. The average molecular weight is 795 g/mol. The first-order valence-corrected chi connectivity index (χ1v) is 20.2. The second-order valence-electron chi connectivity index (χ2n) is 13.3. The fraction of sp³-hybridized carbons (Fsp3) is 0.0400. The minimum Gasteiger partial charge on any atom is -0.497 e. The molecule has 0 atom stereocenters. The number of hydrogen-bond donors (Lipinski definition) is 0. The molecule has 0 amide bonds. The minimum atomic E-state index is 0.714. The van der Waals surface area contributed by atoms with Crippen molar-refractivity contribution in [1.29, 1.82) is 0 Å². The van der Waals surface area contributed by atoms with Crippen LogP contribution in [-0.2, 0) is 0 Å². The largest absolute Gasteiger partial charge is 0.497 e. The normalized spacial score (nSPS) is 11.0. The molecule has 8 heteroatoms. The molecule has 0 spiro atoms. The summed E-state index contributed by atoms with van der Waals surface area (Å²) in [6.07, 6.45) is 6.03. The SMILES string of the molecule is COc1ccc(N(c2ccc(/C=C/c3ccc(N(c4ccc(OC)cc4)c4ccc(-c5ccc(C=O)s5)cc4)cc3)cc2)c2ccc(-c3ccc(C=O)s3)cc2)cc1. The minimum absolute atomic E-state index is 0.714. The van der Waals surface area contributed by atoms with Crippen molar-refractivity contribution >= 4 is 81.5 Å². The summed E-state index contributed by atoms with van der Waals surface area (Å²) in [4.78, 5) is 30.5. The first-order chi connectivity index (χ1) is 28.5. The van der Waals surface area contributed by atoms with E-state index in [2.05, 4.69) is 143 Å². The quantitative estimate of drug-likeness (QED) is 0.0807. The van der Waals surface area contributed by atoms with Crippen molar-refractivity contribution in [2.45, 2.75) is 0 Å². The molecule has 0 radical (unpaired) electrons. The van der Waals surface area contributed by atoms with Gasteiger partial charge in [0.15, 0.2) is 12.6 Å². The van der Waals surface area contributed by atoms with Gasteiger partial charge in [-0.3, -0.25) is 9.59 Å². The zero-order chi connectivity index (χ0) is 39.8. The number of aldehydes is 2. The summed E-state index contributed by atoms with van der Waals surface area (Å²) < 4.78 is 10.9. The molecule has 0 saturated heterocycles. The summed E-state index contributed by atoms with van der Waals surface area (Å²) in [6, 6.07) is 57.7. The van der Waals surface area contributed by atoms with Crippen LogP contribution in [0.25, 0.3) is 33.0 Å². The van der Waals surface area contributed by atoms with Gasteiger partial charge in [0.05, 0.1) is 24.0 Å². The number of nitrogens with zero attached hydrogens (tertiary/aromatic N) is 2. The van der Waals surface area contributed by atoms with Crippen LogP contribution in [-0.4, -0.2) is 26.8 Å². The maximum absolute atomic E-state index is 11.3. The molecule has 6 aromatic carbocycles. The van der Waals surface area contributed by atoms with Crippen LogP contribution in [0, 0.1) is 0 Å². The summed E-state index contributed by atoms with van der Waals surface area (Å²) in [5.41, 5.74) is 10.4. The van der Waals surface area contributed by atoms with Gasteiger partial charge in [-0.1, -0.05) is 60.7 Å². The predicted molar refractivity (Wildman–Crippen MR) is 242 cm³/mol. The highest BCUT2D eigenvalue weighted by Gasteiger charge is 2.15. The molecule has 0 aliphatic heterocycles. The van der Waals surface area contributed by atoms with Gasteiger partial charge < -0.3 is 19.3 Å². The van der Waals surface area contributed by atoms with E-state index in [0.717, 1.165) is 90.2 Å². The van der Waals surface area contributed by atoms with E-state index in [0.29, 0.717) is 9.75 Å². The molecular formula is C50H38N2O4S2. The van der Waals surface area contributed by atoms with Crippen molar-refractivity contribution in [1.82, 2.24) is 0 Å². The van der Waals surface area contributed by atoms with Crippen molar-refractivity contribution in [2.75, 3.05) is 24.0 Å². The van der Waals surface area contributed by atoms with Gasteiger partial charge in [0, 0.05) is 43.9 Å². The van der Waals surface area contributed by atoms with Crippen molar-refractivity contribution in [3.05, 3.63) is 191 Å². The van der Waals surface area contributed by atoms with Crippen LogP contribution in [0.3, 0.4) is 0 Å². The van der Waals surface area contributed by atoms with E-state index in [4.69, 9.17) is 9.47 Å². The van der Waals surface area contributed by atoms with Gasteiger partial charge in [-0.15, -0.1) is 22.7 Å². The van der Waals surface area contributed by atoms with E-state index in [9.17, 15) is 9.59 Å². The van der Waals surface area contributed by atoms with Crippen LogP contribution < -0.4 is 19.3 Å². The molecule has 2 aromatic heterocycles. The molecule has 0 unspecified atom stereocenters. The van der Waals surface area contributed by atoms with Crippen LogP contribution in [0.5, 0.6) is 11.5 Å². The van der Waals surface area contributed by atoms with Crippen LogP contribution in [0.2, 0.25) is 0 Å². The smallest absolute Gasteiger partial charge is 0.160 e. The van der Waals surface area contributed by atoms with Crippen LogP contribution in [0.15, 0.2) is 170 Å². The van der Waals surface area contributed by atoms with E-state index in [1.165, 1.54) is 22.7 Å². The lowest BCUT2D eigenvalue weighted by molar-refractivity contribution is 0.111. The molecule has 58 heavy (non-hydrogen) atoms. The van der Waals surface area contributed by atoms with E-state index >= 15 is 0 Å². The van der Waals surface area contributed by atoms with Crippen LogP contribution >= 0.6 is 22.7 Å². The Hall–Kier alpha value is -7.00. The zero-order valence-corrected chi connectivity index (χ0v) is 33.5. The number of anilines is 6. The Labute approximate surface area is 346 Å². The Kier molecular flexibility index (Phi) is 11.4. The number of carbonyl (C=O) groups excluding carboxylic acids is 2. The van der Waals surface area contributed by atoms with Crippen molar-refractivity contribution < 1.29 is 19.1 Å². The lowest BCUT2D eigenvalue weighted by atomic mass is 10.1. The van der Waals surface area contributed by atoms with Crippen LogP contribution in [0.1, 0.15) is 30.5 Å². The molecule has 0 saturated carbocycles. The summed E-state index contributed by atoms with van der Waals surface area (Å²) >= 11 is 2.98. The summed E-state index contributed by atoms with van der Waals surface area (Å²) in [5, 5.41) is 0. The highest BCUT2D eigenvalue weighted by atomic mass is 32.1. The van der Waals surface area contributed by atoms with Crippen molar-refractivity contribution in [2.24, 2.45) is 0 Å². The van der Waals surface area contributed by atoms with Crippen LogP contribution in [0.4, 0.5) is 34.1 Å². The second kappa shape index (κ2) is 17.4. The summed E-state index contributed by atoms with van der Waals surface area (Å²) in [6.45, 7) is 0. The standard InChI is InChI=1S/C50H38N2O4S2/c1-55-45-25-21-43(22-26-45)51(41-17-9-37(10-18-41)49-31-29-47(33-53)57-49)39-13-5-35(6-14-39)3-4-36-7-15-40(16-8-36)52(44-23-27-46(56-2)28-24-44)42-19-11-38(12-20-42)50-32-30-48(34-54)58-50/h3-34H,1-2H3/b4-3+. The average Bonchev–Trinajstić information content (AvgIpc) is 3.99. The van der Waals surface area contributed by atoms with Crippen molar-refractivity contribution in [3.8, 4) is 32.4 Å². The lowest BCUT2D eigenvalue weighted by Gasteiger charge is -2.26. The number of hydrogen-bond acceptors (Lipinski definition) is 8. The van der Waals surface area contributed by atoms with E-state index in [-0.39, 0.29) is 0 Å². The van der Waals surface area contributed by atoms with Gasteiger partial charge in [-0.2, -0.15) is 0 Å². The third kappa shape index (κ3) is 8.39. The Morgan fingerprint density at radius 3 is 0.948 bits per heavy atom. The van der Waals surface area contributed by atoms with Gasteiger partial charge in [-0.05, 0) is 144 Å². The maximum atomic E-state index is 11.3. The highest BCUT2D eigenvalue weighted by Crippen LogP contribution is 2.39. The first-order valence-electron chi connectivity index (χ1n) is 18.6. The maximum Gasteiger partial charge on any atom is 0.160 e. The van der Waals surface area contributed by atoms with Gasteiger partial charge >= 0.3 is 0 Å². The number of carbonyl (C=O) groups is 2. The van der Waals surface area contributed by atoms with E-state index in [1.807, 2.05) is 48.5 Å². The summed E-state index contributed by atoms with van der Waals surface area (Å²) in [5.74, 6) is 1.59. The van der Waals surface area contributed by atoms with Gasteiger partial charge in [0.1, 0.15) is 11.5 Å². The number of benzene rings is 6. The van der Waals surface area contributed by atoms with E-state index in [1.54, 1.807) is 14.2 Å². The van der Waals surface area contributed by atoms with E-state index < -0.39 is 0 Å². The molecule has 0 fully saturated rings. The van der Waals surface area contributed by atoms with Gasteiger partial charge in [0.25, 0.3) is 0 Å². The fourth-order valence-electron chi connectivity index (χ4n) is 6.71. The Morgan fingerprint density at radius 2 is 0.672 bits per heavy atom. The Balaban J connectivity index is 1.03. The molecular weight excluding hydrogens is 757 g/mol. The molecule has 0 N–H and O–H groups in total. The number of rotatable bonds is 14. The number of thiophene rings is 2. The zero-order valence-electron chi connectivity index (χ0n) is 31.8. The number of methoxy groups -OCH3 is 2. The number of ether oxygens (including phenoxy) is 2.